The number of carbonyl (C=O) groups is 1. The second kappa shape index (κ2) is 9.23. The van der Waals surface area contributed by atoms with E-state index in [2.05, 4.69) is 5.32 Å². The molecule has 1 N–H and O–H groups in total. The molecule has 6 nitrogen and oxygen atoms in total. The van der Waals surface area contributed by atoms with Crippen LogP contribution in [0.25, 0.3) is 0 Å². The minimum absolute atomic E-state index is 0.119. The highest BCUT2D eigenvalue weighted by Crippen LogP contribution is 2.23. The number of halogens is 2. The number of carbonyl (C=O) groups excluding carboxylic acids is 1. The highest BCUT2D eigenvalue weighted by molar-refractivity contribution is 7.98. The summed E-state index contributed by atoms with van der Waals surface area (Å²) in [5, 5.41) is 2.65. The monoisotopic (exact) mass is 418 g/mol. The number of hydrogen-bond donors (Lipinski definition) is 1. The van der Waals surface area contributed by atoms with Crippen molar-refractivity contribution in [1.29, 1.82) is 0 Å². The smallest absolute Gasteiger partial charge is 0.243 e. The highest BCUT2D eigenvalue weighted by Gasteiger charge is 2.29. The lowest BCUT2D eigenvalue weighted by molar-refractivity contribution is -0.121. The number of furan rings is 1. The van der Waals surface area contributed by atoms with Crippen LogP contribution in [0.3, 0.4) is 0 Å². The molecule has 0 saturated heterocycles. The van der Waals surface area contributed by atoms with Crippen LogP contribution in [0, 0.1) is 11.6 Å². The Labute approximate surface area is 161 Å². The van der Waals surface area contributed by atoms with Gasteiger partial charge >= 0.3 is 0 Å². The zero-order valence-corrected chi connectivity index (χ0v) is 16.4. The van der Waals surface area contributed by atoms with Crippen LogP contribution in [0.4, 0.5) is 14.5 Å². The van der Waals surface area contributed by atoms with E-state index in [1.54, 1.807) is 24.1 Å². The summed E-state index contributed by atoms with van der Waals surface area (Å²) in [6.45, 7) is 1.71. The van der Waals surface area contributed by atoms with Crippen LogP contribution in [0.2, 0.25) is 0 Å². The van der Waals surface area contributed by atoms with Crippen LogP contribution in [0.15, 0.2) is 41.0 Å². The summed E-state index contributed by atoms with van der Waals surface area (Å²) in [7, 11) is -3.89. The lowest BCUT2D eigenvalue weighted by Crippen LogP contribution is -2.48. The highest BCUT2D eigenvalue weighted by atomic mass is 32.2. The molecule has 10 heteroatoms. The first-order valence-corrected chi connectivity index (χ1v) is 11.0. The Kier molecular flexibility index (Phi) is 7.25. The van der Waals surface area contributed by atoms with Gasteiger partial charge in [-0.05, 0) is 31.2 Å². The van der Waals surface area contributed by atoms with Crippen LogP contribution in [0.5, 0.6) is 0 Å². The number of benzene rings is 1. The van der Waals surface area contributed by atoms with Gasteiger partial charge in [-0.15, -0.1) is 0 Å². The molecule has 0 saturated carbocycles. The zero-order valence-electron chi connectivity index (χ0n) is 14.8. The van der Waals surface area contributed by atoms with Crippen LogP contribution in [-0.2, 0) is 20.6 Å². The number of hydrogen-bond acceptors (Lipinski definition) is 5. The number of rotatable bonds is 9. The third-order valence-corrected chi connectivity index (χ3v) is 5.84. The van der Waals surface area contributed by atoms with Crippen molar-refractivity contribution in [3.63, 3.8) is 0 Å². The minimum Gasteiger partial charge on any atom is -0.468 e. The molecule has 0 radical (unpaired) electrons. The zero-order chi connectivity index (χ0) is 20.0. The molecule has 2 aromatic rings. The summed E-state index contributed by atoms with van der Waals surface area (Å²) in [6.07, 6.45) is 2.48. The van der Waals surface area contributed by atoms with Crippen LogP contribution in [-0.4, -0.2) is 38.9 Å². The quantitative estimate of drug-likeness (QED) is 0.634. The Morgan fingerprint density at radius 1 is 1.30 bits per heavy atom. The van der Waals surface area contributed by atoms with E-state index in [0.29, 0.717) is 18.1 Å². The standard InChI is InChI=1S/C17H20F2N2O4S2/c1-12(17(22)20-7-9-26-11-14-4-3-8-25-14)21(27(2,23)24)13-5-6-15(18)16(19)10-13/h3-6,8,10,12H,7,9,11H2,1-2H3,(H,20,22)/t12-/m0/s1. The number of amides is 1. The molecule has 27 heavy (non-hydrogen) atoms. The fourth-order valence-electron chi connectivity index (χ4n) is 2.39. The Balaban J connectivity index is 1.96. The predicted octanol–water partition coefficient (Wildman–Crippen LogP) is 2.76. The largest absolute Gasteiger partial charge is 0.468 e. The molecule has 0 aliphatic carbocycles. The van der Waals surface area contributed by atoms with Crippen LogP contribution >= 0.6 is 11.8 Å². The second-order valence-electron chi connectivity index (χ2n) is 5.76. The molecule has 0 unspecified atom stereocenters. The van der Waals surface area contributed by atoms with Crippen molar-refractivity contribution in [2.45, 2.75) is 18.7 Å². The lowest BCUT2D eigenvalue weighted by Gasteiger charge is -2.28. The summed E-state index contributed by atoms with van der Waals surface area (Å²) in [5.74, 6) is -0.752. The fraction of sp³-hybridized carbons (Fsp3) is 0.353. The third kappa shape index (κ3) is 5.96. The molecule has 1 amide bonds. The van der Waals surface area contributed by atoms with E-state index in [0.717, 1.165) is 34.5 Å². The molecular formula is C17H20F2N2O4S2. The first kappa shape index (κ1) is 21.2. The number of thioether (sulfide) groups is 1. The van der Waals surface area contributed by atoms with E-state index in [-0.39, 0.29) is 5.69 Å². The number of sulfonamides is 1. The Morgan fingerprint density at radius 2 is 2.04 bits per heavy atom. The second-order valence-corrected chi connectivity index (χ2v) is 8.72. The van der Waals surface area contributed by atoms with Gasteiger partial charge in [-0.2, -0.15) is 11.8 Å². The van der Waals surface area contributed by atoms with Crippen molar-refractivity contribution in [3.8, 4) is 0 Å². The molecule has 1 atom stereocenters. The van der Waals surface area contributed by atoms with Gasteiger partial charge in [0.25, 0.3) is 0 Å². The molecule has 0 fully saturated rings. The average Bonchev–Trinajstić information content (AvgIpc) is 3.10. The molecule has 148 valence electrons. The maximum Gasteiger partial charge on any atom is 0.243 e. The topological polar surface area (TPSA) is 79.6 Å². The molecule has 1 heterocycles. The Morgan fingerprint density at radius 3 is 2.63 bits per heavy atom. The molecular weight excluding hydrogens is 398 g/mol. The van der Waals surface area contributed by atoms with E-state index in [9.17, 15) is 22.0 Å². The molecule has 0 bridgehead atoms. The van der Waals surface area contributed by atoms with Gasteiger partial charge in [-0.3, -0.25) is 9.10 Å². The van der Waals surface area contributed by atoms with Crippen molar-refractivity contribution < 1.29 is 26.4 Å². The van der Waals surface area contributed by atoms with Crippen LogP contribution < -0.4 is 9.62 Å². The van der Waals surface area contributed by atoms with Gasteiger partial charge in [0.2, 0.25) is 15.9 Å². The molecule has 2 rings (SSSR count). The SMILES string of the molecule is C[C@@H](C(=O)NCCSCc1ccco1)N(c1ccc(F)c(F)c1)S(C)(=O)=O. The van der Waals surface area contributed by atoms with Gasteiger partial charge < -0.3 is 9.73 Å². The van der Waals surface area contributed by atoms with Gasteiger partial charge in [0.1, 0.15) is 11.8 Å². The first-order chi connectivity index (χ1) is 12.7. The number of nitrogens with zero attached hydrogens (tertiary/aromatic N) is 1. The van der Waals surface area contributed by atoms with Crippen molar-refractivity contribution in [2.24, 2.45) is 0 Å². The van der Waals surface area contributed by atoms with E-state index >= 15 is 0 Å². The summed E-state index contributed by atoms with van der Waals surface area (Å²) in [6, 6.07) is 5.19. The molecule has 1 aromatic heterocycles. The van der Waals surface area contributed by atoms with Crippen molar-refractivity contribution in [3.05, 3.63) is 54.0 Å². The normalized spacial score (nSPS) is 12.6. The molecule has 0 aliphatic rings. The average molecular weight is 418 g/mol. The maximum atomic E-state index is 13.5. The minimum atomic E-state index is -3.89. The van der Waals surface area contributed by atoms with E-state index < -0.39 is 33.6 Å². The van der Waals surface area contributed by atoms with E-state index in [4.69, 9.17) is 4.42 Å². The van der Waals surface area contributed by atoms with Crippen LogP contribution in [0.1, 0.15) is 12.7 Å². The molecule has 0 spiro atoms. The predicted molar refractivity (Wildman–Crippen MR) is 101 cm³/mol. The van der Waals surface area contributed by atoms with Crippen molar-refractivity contribution in [1.82, 2.24) is 5.32 Å². The lowest BCUT2D eigenvalue weighted by atomic mass is 10.2. The Hall–Kier alpha value is -2.07. The van der Waals surface area contributed by atoms with E-state index in [1.165, 1.54) is 6.92 Å². The fourth-order valence-corrected chi connectivity index (χ4v) is 4.32. The summed E-state index contributed by atoms with van der Waals surface area (Å²) < 4.78 is 56.8. The summed E-state index contributed by atoms with van der Waals surface area (Å²) in [5.41, 5.74) is -0.119. The molecule has 1 aromatic carbocycles. The summed E-state index contributed by atoms with van der Waals surface area (Å²) in [4.78, 5) is 12.3. The van der Waals surface area contributed by atoms with Crippen molar-refractivity contribution in [2.75, 3.05) is 22.9 Å². The Bertz CT molecular complexity index is 873. The van der Waals surface area contributed by atoms with E-state index in [1.807, 2.05) is 6.07 Å². The van der Waals surface area contributed by atoms with Gasteiger partial charge in [0, 0.05) is 18.4 Å². The van der Waals surface area contributed by atoms with Gasteiger partial charge in [0.15, 0.2) is 11.6 Å². The van der Waals surface area contributed by atoms with Gasteiger partial charge in [0.05, 0.1) is 24.0 Å². The number of nitrogens with one attached hydrogen (secondary N) is 1. The third-order valence-electron chi connectivity index (χ3n) is 3.62. The summed E-state index contributed by atoms with van der Waals surface area (Å²) >= 11 is 1.55. The maximum absolute atomic E-state index is 13.5. The first-order valence-electron chi connectivity index (χ1n) is 8.02. The van der Waals surface area contributed by atoms with Gasteiger partial charge in [-0.25, -0.2) is 17.2 Å². The van der Waals surface area contributed by atoms with Gasteiger partial charge in [-0.1, -0.05) is 0 Å². The van der Waals surface area contributed by atoms with Crippen molar-refractivity contribution >= 4 is 33.4 Å². The number of anilines is 1. The molecule has 0 aliphatic heterocycles.